The summed E-state index contributed by atoms with van der Waals surface area (Å²) >= 11 is 1.14. The molecule has 0 aliphatic rings. The van der Waals surface area contributed by atoms with Crippen molar-refractivity contribution in [3.05, 3.63) is 78.6 Å². The molecule has 0 bridgehead atoms. The number of ether oxygens (including phenoxy) is 1. The SMILES string of the molecule is CCOc1ccc(-n2c(SCC(=O)Nc3ccc(F)cc3F)nnc2-c2ccncc2)cc1. The van der Waals surface area contributed by atoms with Gasteiger partial charge in [0.1, 0.15) is 17.4 Å². The zero-order valence-corrected chi connectivity index (χ0v) is 18.4. The zero-order chi connectivity index (χ0) is 23.2. The van der Waals surface area contributed by atoms with Crippen LogP contribution in [0.1, 0.15) is 6.92 Å². The van der Waals surface area contributed by atoms with Gasteiger partial charge in [-0.2, -0.15) is 0 Å². The minimum Gasteiger partial charge on any atom is -0.494 e. The number of benzene rings is 2. The van der Waals surface area contributed by atoms with Crippen LogP contribution in [-0.2, 0) is 4.79 Å². The number of hydrogen-bond donors (Lipinski definition) is 1. The first-order chi connectivity index (χ1) is 16.0. The number of rotatable bonds is 8. The summed E-state index contributed by atoms with van der Waals surface area (Å²) in [5.74, 6) is -0.763. The number of nitrogens with zero attached hydrogens (tertiary/aromatic N) is 4. The van der Waals surface area contributed by atoms with Crippen molar-refractivity contribution in [3.63, 3.8) is 0 Å². The average molecular weight is 468 g/mol. The summed E-state index contributed by atoms with van der Waals surface area (Å²) in [6.07, 6.45) is 3.31. The molecular weight excluding hydrogens is 448 g/mol. The summed E-state index contributed by atoms with van der Waals surface area (Å²) < 4.78 is 34.3. The Labute approximate surface area is 192 Å². The molecule has 7 nitrogen and oxygen atoms in total. The Kier molecular flexibility index (Phi) is 6.94. The van der Waals surface area contributed by atoms with Gasteiger partial charge in [0.25, 0.3) is 0 Å². The smallest absolute Gasteiger partial charge is 0.234 e. The molecule has 0 fully saturated rings. The van der Waals surface area contributed by atoms with E-state index in [2.05, 4.69) is 20.5 Å². The van der Waals surface area contributed by atoms with E-state index in [1.54, 1.807) is 12.4 Å². The van der Waals surface area contributed by atoms with Crippen LogP contribution in [0.4, 0.5) is 14.5 Å². The topological polar surface area (TPSA) is 81.9 Å². The van der Waals surface area contributed by atoms with Crippen LogP contribution in [0.25, 0.3) is 17.1 Å². The average Bonchev–Trinajstić information content (AvgIpc) is 3.25. The van der Waals surface area contributed by atoms with Crippen molar-refractivity contribution in [2.24, 2.45) is 0 Å². The third kappa shape index (κ3) is 5.35. The van der Waals surface area contributed by atoms with Gasteiger partial charge >= 0.3 is 0 Å². The fourth-order valence-electron chi connectivity index (χ4n) is 3.05. The molecule has 1 amide bonds. The standard InChI is InChI=1S/C23H19F2N5O2S/c1-2-32-18-6-4-17(5-7-18)30-22(15-9-11-26-12-10-15)28-29-23(30)33-14-21(31)27-20-8-3-16(24)13-19(20)25/h3-13H,2,14H2,1H3,(H,27,31). The first-order valence-corrected chi connectivity index (χ1v) is 11.0. The lowest BCUT2D eigenvalue weighted by atomic mass is 10.2. The van der Waals surface area contributed by atoms with Crippen molar-refractivity contribution in [2.75, 3.05) is 17.7 Å². The fraction of sp³-hybridized carbons (Fsp3) is 0.130. The summed E-state index contributed by atoms with van der Waals surface area (Å²) in [5, 5.41) is 11.5. The third-order valence-corrected chi connectivity index (χ3v) is 5.44. The van der Waals surface area contributed by atoms with Crippen LogP contribution >= 0.6 is 11.8 Å². The van der Waals surface area contributed by atoms with Crippen LogP contribution in [0.5, 0.6) is 5.75 Å². The molecule has 168 valence electrons. The number of thioether (sulfide) groups is 1. The van der Waals surface area contributed by atoms with Gasteiger partial charge in [0.15, 0.2) is 11.0 Å². The molecular formula is C23H19F2N5O2S. The number of carbonyl (C=O) groups excluding carboxylic acids is 1. The minimum absolute atomic E-state index is 0.0532. The van der Waals surface area contributed by atoms with E-state index in [-0.39, 0.29) is 11.4 Å². The highest BCUT2D eigenvalue weighted by Gasteiger charge is 2.18. The van der Waals surface area contributed by atoms with Gasteiger partial charge in [-0.05, 0) is 55.5 Å². The number of hydrogen-bond acceptors (Lipinski definition) is 6. The van der Waals surface area contributed by atoms with Crippen LogP contribution in [0, 0.1) is 11.6 Å². The summed E-state index contributed by atoms with van der Waals surface area (Å²) in [4.78, 5) is 16.4. The Bertz CT molecular complexity index is 1250. The highest BCUT2D eigenvalue weighted by molar-refractivity contribution is 7.99. The molecule has 4 rings (SSSR count). The van der Waals surface area contributed by atoms with Crippen LogP contribution in [0.15, 0.2) is 72.1 Å². The number of carbonyl (C=O) groups is 1. The Morgan fingerprint density at radius 2 is 1.82 bits per heavy atom. The van der Waals surface area contributed by atoms with Crippen LogP contribution < -0.4 is 10.1 Å². The van der Waals surface area contributed by atoms with Gasteiger partial charge in [-0.15, -0.1) is 10.2 Å². The second-order valence-electron chi connectivity index (χ2n) is 6.77. The number of nitrogens with one attached hydrogen (secondary N) is 1. The van der Waals surface area contributed by atoms with Crippen molar-refractivity contribution in [1.82, 2.24) is 19.7 Å². The minimum atomic E-state index is -0.842. The van der Waals surface area contributed by atoms with Gasteiger partial charge < -0.3 is 10.1 Å². The highest BCUT2D eigenvalue weighted by atomic mass is 32.2. The molecule has 2 aromatic heterocycles. The van der Waals surface area contributed by atoms with Crippen LogP contribution in [0.3, 0.4) is 0 Å². The molecule has 0 spiro atoms. The molecule has 2 heterocycles. The van der Waals surface area contributed by atoms with Gasteiger partial charge in [-0.1, -0.05) is 11.8 Å². The second-order valence-corrected chi connectivity index (χ2v) is 7.71. The summed E-state index contributed by atoms with van der Waals surface area (Å²) in [6, 6.07) is 14.0. The van der Waals surface area contributed by atoms with Crippen LogP contribution in [0.2, 0.25) is 0 Å². The maximum Gasteiger partial charge on any atom is 0.234 e. The molecule has 10 heteroatoms. The first-order valence-electron chi connectivity index (χ1n) is 10.0. The molecule has 0 radical (unpaired) electrons. The van der Waals surface area contributed by atoms with Gasteiger partial charge in [-0.3, -0.25) is 14.3 Å². The van der Waals surface area contributed by atoms with Crippen molar-refractivity contribution < 1.29 is 18.3 Å². The van der Waals surface area contributed by atoms with E-state index >= 15 is 0 Å². The molecule has 2 aromatic carbocycles. The van der Waals surface area contributed by atoms with Gasteiger partial charge in [0.2, 0.25) is 5.91 Å². The molecule has 0 unspecified atom stereocenters. The van der Waals surface area contributed by atoms with E-state index in [1.165, 1.54) is 6.07 Å². The molecule has 1 N–H and O–H groups in total. The molecule has 0 aliphatic carbocycles. The van der Waals surface area contributed by atoms with E-state index in [9.17, 15) is 13.6 Å². The van der Waals surface area contributed by atoms with Gasteiger partial charge in [0.05, 0.1) is 18.0 Å². The monoisotopic (exact) mass is 467 g/mol. The maximum absolute atomic E-state index is 13.8. The Morgan fingerprint density at radius 1 is 1.06 bits per heavy atom. The van der Waals surface area contributed by atoms with Gasteiger partial charge in [-0.25, -0.2) is 8.78 Å². The maximum atomic E-state index is 13.8. The number of amides is 1. The quantitative estimate of drug-likeness (QED) is 0.377. The predicted molar refractivity (Wildman–Crippen MR) is 121 cm³/mol. The zero-order valence-electron chi connectivity index (χ0n) is 17.5. The second kappa shape index (κ2) is 10.2. The van der Waals surface area contributed by atoms with Crippen molar-refractivity contribution in [3.8, 4) is 22.8 Å². The largest absolute Gasteiger partial charge is 0.494 e. The molecule has 33 heavy (non-hydrogen) atoms. The summed E-state index contributed by atoms with van der Waals surface area (Å²) in [5.41, 5.74) is 1.49. The Balaban J connectivity index is 1.58. The highest BCUT2D eigenvalue weighted by Crippen LogP contribution is 2.29. The summed E-state index contributed by atoms with van der Waals surface area (Å²) in [6.45, 7) is 2.46. The third-order valence-electron chi connectivity index (χ3n) is 4.52. The first kappa shape index (κ1) is 22.4. The summed E-state index contributed by atoms with van der Waals surface area (Å²) in [7, 11) is 0. The lowest BCUT2D eigenvalue weighted by molar-refractivity contribution is -0.113. The molecule has 4 aromatic rings. The van der Waals surface area contributed by atoms with Gasteiger partial charge in [0, 0.05) is 29.7 Å². The van der Waals surface area contributed by atoms with Crippen molar-refractivity contribution >= 4 is 23.4 Å². The van der Waals surface area contributed by atoms with Crippen LogP contribution in [-0.4, -0.2) is 38.0 Å². The fourth-order valence-corrected chi connectivity index (χ4v) is 3.80. The number of aromatic nitrogens is 4. The predicted octanol–water partition coefficient (Wildman–Crippen LogP) is 4.74. The molecule has 0 saturated carbocycles. The normalized spacial score (nSPS) is 10.8. The lowest BCUT2D eigenvalue weighted by Gasteiger charge is -2.11. The van der Waals surface area contributed by atoms with E-state index in [4.69, 9.17) is 4.74 Å². The molecule has 0 saturated heterocycles. The lowest BCUT2D eigenvalue weighted by Crippen LogP contribution is -2.15. The number of anilines is 1. The van der Waals surface area contributed by atoms with E-state index in [1.807, 2.05) is 47.9 Å². The Morgan fingerprint density at radius 3 is 2.52 bits per heavy atom. The van der Waals surface area contributed by atoms with E-state index in [0.29, 0.717) is 23.7 Å². The molecule has 0 aliphatic heterocycles. The Hall–Kier alpha value is -3.79. The van der Waals surface area contributed by atoms with Crippen molar-refractivity contribution in [2.45, 2.75) is 12.1 Å². The van der Waals surface area contributed by atoms with E-state index in [0.717, 1.165) is 34.8 Å². The van der Waals surface area contributed by atoms with Crippen molar-refractivity contribution in [1.29, 1.82) is 0 Å². The number of halogens is 2. The number of pyridine rings is 1. The van der Waals surface area contributed by atoms with E-state index < -0.39 is 17.5 Å². The molecule has 0 atom stereocenters.